The van der Waals surface area contributed by atoms with Gasteiger partial charge in [0.2, 0.25) is 0 Å². The number of hydrogen-bond acceptors (Lipinski definition) is 4. The van der Waals surface area contributed by atoms with Crippen LogP contribution in [0.5, 0.6) is 0 Å². The van der Waals surface area contributed by atoms with E-state index in [4.69, 9.17) is 9.15 Å². The van der Waals surface area contributed by atoms with Gasteiger partial charge < -0.3 is 14.5 Å². The van der Waals surface area contributed by atoms with Gasteiger partial charge in [0, 0.05) is 6.54 Å². The van der Waals surface area contributed by atoms with Gasteiger partial charge >= 0.3 is 5.97 Å². The molecule has 0 atom stereocenters. The lowest BCUT2D eigenvalue weighted by Crippen LogP contribution is -2.28. The Morgan fingerprint density at radius 3 is 2.60 bits per heavy atom. The second-order valence-corrected chi connectivity index (χ2v) is 4.35. The molecular formula is C15H15NO4. The third kappa shape index (κ3) is 3.98. The van der Waals surface area contributed by atoms with Crippen LogP contribution in [0.25, 0.3) is 0 Å². The molecule has 0 bridgehead atoms. The van der Waals surface area contributed by atoms with Crippen molar-refractivity contribution >= 4 is 11.9 Å². The Morgan fingerprint density at radius 2 is 1.95 bits per heavy atom. The second kappa shape index (κ2) is 6.56. The Bertz CT molecular complexity index is 572. The van der Waals surface area contributed by atoms with Crippen molar-refractivity contribution in [1.82, 2.24) is 5.32 Å². The zero-order valence-corrected chi connectivity index (χ0v) is 11.1. The molecular weight excluding hydrogens is 258 g/mol. The predicted octanol–water partition coefficient (Wildman–Crippen LogP) is 2.06. The van der Waals surface area contributed by atoms with Crippen LogP contribution in [0, 0.1) is 6.92 Å². The van der Waals surface area contributed by atoms with Crippen LogP contribution in [0.2, 0.25) is 0 Å². The standard InChI is InChI=1S/C15H15NO4/c1-11-2-4-12(5-3-11)8-16-14(17)10-20-15(18)13-6-7-19-9-13/h2-7,9H,8,10H2,1H3,(H,16,17). The molecule has 5 nitrogen and oxygen atoms in total. The first-order valence-electron chi connectivity index (χ1n) is 6.17. The van der Waals surface area contributed by atoms with Crippen molar-refractivity contribution < 1.29 is 18.7 Å². The molecule has 1 amide bonds. The highest BCUT2D eigenvalue weighted by Gasteiger charge is 2.10. The fourth-order valence-electron chi connectivity index (χ4n) is 1.55. The first-order valence-corrected chi connectivity index (χ1v) is 6.17. The quantitative estimate of drug-likeness (QED) is 0.847. The summed E-state index contributed by atoms with van der Waals surface area (Å²) in [4.78, 5) is 23.0. The summed E-state index contributed by atoms with van der Waals surface area (Å²) in [6.07, 6.45) is 2.64. The molecule has 2 aromatic rings. The average Bonchev–Trinajstić information content (AvgIpc) is 2.98. The zero-order valence-electron chi connectivity index (χ0n) is 11.1. The molecule has 0 aliphatic carbocycles. The number of furan rings is 1. The van der Waals surface area contributed by atoms with Crippen LogP contribution in [-0.2, 0) is 16.1 Å². The van der Waals surface area contributed by atoms with Crippen LogP contribution in [0.1, 0.15) is 21.5 Å². The zero-order chi connectivity index (χ0) is 14.4. The number of amides is 1. The van der Waals surface area contributed by atoms with Gasteiger partial charge in [0.05, 0.1) is 11.8 Å². The van der Waals surface area contributed by atoms with Gasteiger partial charge in [-0.25, -0.2) is 4.79 Å². The lowest BCUT2D eigenvalue weighted by Gasteiger charge is -2.06. The van der Waals surface area contributed by atoms with Crippen LogP contribution in [0.15, 0.2) is 47.3 Å². The molecule has 0 saturated heterocycles. The minimum atomic E-state index is -0.579. The summed E-state index contributed by atoms with van der Waals surface area (Å²) in [7, 11) is 0. The van der Waals surface area contributed by atoms with Crippen molar-refractivity contribution in [3.8, 4) is 0 Å². The van der Waals surface area contributed by atoms with Crippen molar-refractivity contribution in [2.75, 3.05) is 6.61 Å². The Balaban J connectivity index is 1.73. The fraction of sp³-hybridized carbons (Fsp3) is 0.200. The molecule has 0 spiro atoms. The van der Waals surface area contributed by atoms with E-state index in [1.165, 1.54) is 18.6 Å². The van der Waals surface area contributed by atoms with Gasteiger partial charge in [-0.3, -0.25) is 4.79 Å². The molecule has 0 aliphatic heterocycles. The van der Waals surface area contributed by atoms with Crippen molar-refractivity contribution in [3.63, 3.8) is 0 Å². The Morgan fingerprint density at radius 1 is 1.20 bits per heavy atom. The van der Waals surface area contributed by atoms with Crippen LogP contribution in [0.3, 0.4) is 0 Å². The summed E-state index contributed by atoms with van der Waals surface area (Å²) >= 11 is 0. The molecule has 5 heteroatoms. The molecule has 2 rings (SSSR count). The molecule has 104 valence electrons. The number of carbonyl (C=O) groups is 2. The molecule has 1 N–H and O–H groups in total. The maximum atomic E-state index is 11.5. The third-order valence-electron chi connectivity index (χ3n) is 2.70. The number of hydrogen-bond donors (Lipinski definition) is 1. The molecule has 1 heterocycles. The highest BCUT2D eigenvalue weighted by molar-refractivity contribution is 5.90. The fourth-order valence-corrected chi connectivity index (χ4v) is 1.55. The van der Waals surface area contributed by atoms with E-state index in [-0.39, 0.29) is 18.1 Å². The summed E-state index contributed by atoms with van der Waals surface area (Å²) in [5, 5.41) is 2.68. The van der Waals surface area contributed by atoms with Crippen molar-refractivity contribution in [3.05, 3.63) is 59.5 Å². The predicted molar refractivity (Wildman–Crippen MR) is 72.0 cm³/mol. The van der Waals surface area contributed by atoms with E-state index in [1.807, 2.05) is 31.2 Å². The van der Waals surface area contributed by atoms with E-state index >= 15 is 0 Å². The second-order valence-electron chi connectivity index (χ2n) is 4.35. The molecule has 0 aliphatic rings. The van der Waals surface area contributed by atoms with Crippen LogP contribution in [-0.4, -0.2) is 18.5 Å². The number of carbonyl (C=O) groups excluding carboxylic acids is 2. The number of nitrogens with one attached hydrogen (secondary N) is 1. The number of rotatable bonds is 5. The van der Waals surface area contributed by atoms with Gasteiger partial charge in [-0.2, -0.15) is 0 Å². The number of aryl methyl sites for hydroxylation is 1. The van der Waals surface area contributed by atoms with E-state index in [0.717, 1.165) is 11.1 Å². The van der Waals surface area contributed by atoms with E-state index < -0.39 is 5.97 Å². The summed E-state index contributed by atoms with van der Waals surface area (Å²) in [5.41, 5.74) is 2.44. The molecule has 0 fully saturated rings. The van der Waals surface area contributed by atoms with Gasteiger partial charge in [0.15, 0.2) is 6.61 Å². The van der Waals surface area contributed by atoms with Gasteiger partial charge in [0.25, 0.3) is 5.91 Å². The van der Waals surface area contributed by atoms with E-state index in [2.05, 4.69) is 5.32 Å². The largest absolute Gasteiger partial charge is 0.472 e. The molecule has 1 aromatic heterocycles. The summed E-state index contributed by atoms with van der Waals surface area (Å²) in [5.74, 6) is -0.924. The van der Waals surface area contributed by atoms with Crippen LogP contribution in [0.4, 0.5) is 0 Å². The van der Waals surface area contributed by atoms with Crippen molar-refractivity contribution in [1.29, 1.82) is 0 Å². The van der Waals surface area contributed by atoms with E-state index in [9.17, 15) is 9.59 Å². The summed E-state index contributed by atoms with van der Waals surface area (Å²) < 4.78 is 9.60. The molecule has 0 radical (unpaired) electrons. The SMILES string of the molecule is Cc1ccc(CNC(=O)COC(=O)c2ccoc2)cc1. The maximum Gasteiger partial charge on any atom is 0.341 e. The minimum absolute atomic E-state index is 0.288. The molecule has 0 saturated carbocycles. The molecule has 1 aromatic carbocycles. The summed E-state index contributed by atoms with van der Waals surface area (Å²) in [6, 6.07) is 9.30. The lowest BCUT2D eigenvalue weighted by molar-refractivity contribution is -0.124. The van der Waals surface area contributed by atoms with Crippen LogP contribution < -0.4 is 5.32 Å². The molecule has 0 unspecified atom stereocenters. The van der Waals surface area contributed by atoms with E-state index in [1.54, 1.807) is 0 Å². The summed E-state index contributed by atoms with van der Waals surface area (Å²) in [6.45, 7) is 2.09. The highest BCUT2D eigenvalue weighted by atomic mass is 16.5. The average molecular weight is 273 g/mol. The minimum Gasteiger partial charge on any atom is -0.472 e. The molecule has 20 heavy (non-hydrogen) atoms. The lowest BCUT2D eigenvalue weighted by atomic mass is 10.1. The smallest absolute Gasteiger partial charge is 0.341 e. The monoisotopic (exact) mass is 273 g/mol. The van der Waals surface area contributed by atoms with E-state index in [0.29, 0.717) is 6.54 Å². The van der Waals surface area contributed by atoms with Crippen molar-refractivity contribution in [2.24, 2.45) is 0 Å². The Labute approximate surface area is 116 Å². The first kappa shape index (κ1) is 13.9. The van der Waals surface area contributed by atoms with Crippen LogP contribution >= 0.6 is 0 Å². The third-order valence-corrected chi connectivity index (χ3v) is 2.70. The first-order chi connectivity index (χ1) is 9.65. The number of benzene rings is 1. The maximum absolute atomic E-state index is 11.5. The topological polar surface area (TPSA) is 68.5 Å². The normalized spacial score (nSPS) is 10.1. The van der Waals surface area contributed by atoms with Gasteiger partial charge in [-0.15, -0.1) is 0 Å². The Hall–Kier alpha value is -2.56. The van der Waals surface area contributed by atoms with Gasteiger partial charge in [0.1, 0.15) is 6.26 Å². The Kier molecular flexibility index (Phi) is 4.55. The highest BCUT2D eigenvalue weighted by Crippen LogP contribution is 2.03. The number of esters is 1. The van der Waals surface area contributed by atoms with Crippen molar-refractivity contribution in [2.45, 2.75) is 13.5 Å². The van der Waals surface area contributed by atoms with Gasteiger partial charge in [-0.05, 0) is 18.6 Å². The number of ether oxygens (including phenoxy) is 1. The van der Waals surface area contributed by atoms with Gasteiger partial charge in [-0.1, -0.05) is 29.8 Å².